The van der Waals surface area contributed by atoms with E-state index in [2.05, 4.69) is 45.3 Å². The van der Waals surface area contributed by atoms with Crippen LogP contribution >= 0.6 is 27.3 Å². The first-order valence-corrected chi connectivity index (χ1v) is 7.24. The lowest BCUT2D eigenvalue weighted by Gasteiger charge is -2.07. The molecule has 0 spiro atoms. The first-order valence-electron chi connectivity index (χ1n) is 5.63. The van der Waals surface area contributed by atoms with E-state index in [0.29, 0.717) is 0 Å². The van der Waals surface area contributed by atoms with Crippen molar-refractivity contribution in [3.05, 3.63) is 44.3 Å². The molecule has 0 saturated heterocycles. The molecule has 0 aliphatic rings. The lowest BCUT2D eigenvalue weighted by Crippen LogP contribution is -2.12. The highest BCUT2D eigenvalue weighted by Gasteiger charge is 2.02. The average Bonchev–Trinajstić information content (AvgIpc) is 2.75. The molecule has 96 valence electrons. The Labute approximate surface area is 119 Å². The zero-order valence-electron chi connectivity index (χ0n) is 10.4. The molecule has 0 aliphatic heterocycles. The molecule has 0 aliphatic carbocycles. The topological polar surface area (TPSA) is 34.1 Å². The smallest absolute Gasteiger partial charge is 0.133 e. The van der Waals surface area contributed by atoms with Gasteiger partial charge in [0.25, 0.3) is 0 Å². The van der Waals surface area contributed by atoms with Gasteiger partial charge in [-0.05, 0) is 40.5 Å². The zero-order valence-corrected chi connectivity index (χ0v) is 12.8. The van der Waals surface area contributed by atoms with Gasteiger partial charge in [-0.15, -0.1) is 11.3 Å². The number of ether oxygens (including phenoxy) is 1. The molecule has 0 radical (unpaired) electrons. The van der Waals surface area contributed by atoms with Gasteiger partial charge in [0, 0.05) is 24.2 Å². The van der Waals surface area contributed by atoms with Crippen LogP contribution in [-0.2, 0) is 13.1 Å². The van der Waals surface area contributed by atoms with Crippen LogP contribution in [0.4, 0.5) is 0 Å². The van der Waals surface area contributed by atoms with E-state index in [0.717, 1.165) is 28.3 Å². The van der Waals surface area contributed by atoms with Crippen molar-refractivity contribution in [3.8, 4) is 5.75 Å². The molecular weight excluding hydrogens is 312 g/mol. The Morgan fingerprint density at radius 3 is 2.83 bits per heavy atom. The fourth-order valence-corrected chi connectivity index (χ4v) is 2.96. The third-order valence-electron chi connectivity index (χ3n) is 2.49. The molecule has 0 bridgehead atoms. The van der Waals surface area contributed by atoms with E-state index in [-0.39, 0.29) is 0 Å². The van der Waals surface area contributed by atoms with E-state index in [4.69, 9.17) is 4.74 Å². The minimum absolute atomic E-state index is 0.808. The summed E-state index contributed by atoms with van der Waals surface area (Å²) in [7, 11) is 1.67. The number of rotatable bonds is 5. The van der Waals surface area contributed by atoms with Gasteiger partial charge in [-0.2, -0.15) is 0 Å². The minimum atomic E-state index is 0.808. The second-order valence-electron chi connectivity index (χ2n) is 3.94. The monoisotopic (exact) mass is 326 g/mol. The van der Waals surface area contributed by atoms with E-state index in [1.165, 1.54) is 10.4 Å². The molecule has 2 rings (SSSR count). The van der Waals surface area contributed by atoms with Gasteiger partial charge < -0.3 is 10.1 Å². The minimum Gasteiger partial charge on any atom is -0.496 e. The number of methoxy groups -OCH3 is 1. The van der Waals surface area contributed by atoms with Gasteiger partial charge in [-0.1, -0.05) is 6.07 Å². The van der Waals surface area contributed by atoms with Crippen molar-refractivity contribution < 1.29 is 4.74 Å². The van der Waals surface area contributed by atoms with Crippen LogP contribution in [0.3, 0.4) is 0 Å². The third kappa shape index (κ3) is 3.54. The fourth-order valence-electron chi connectivity index (χ4n) is 1.62. The zero-order chi connectivity index (χ0) is 13.0. The molecule has 1 N–H and O–H groups in total. The van der Waals surface area contributed by atoms with E-state index in [1.807, 2.05) is 12.3 Å². The summed E-state index contributed by atoms with van der Waals surface area (Å²) in [5.74, 6) is 0.856. The third-order valence-corrected chi connectivity index (χ3v) is 4.02. The first kappa shape index (κ1) is 13.5. The van der Waals surface area contributed by atoms with Gasteiger partial charge in [0.15, 0.2) is 0 Å². The summed E-state index contributed by atoms with van der Waals surface area (Å²) < 4.78 is 6.18. The molecule has 1 heterocycles. The molecule has 0 amide bonds. The van der Waals surface area contributed by atoms with E-state index in [9.17, 15) is 0 Å². The molecular formula is C13H15BrN2OS. The highest BCUT2D eigenvalue weighted by Crippen LogP contribution is 2.25. The highest BCUT2D eigenvalue weighted by atomic mass is 79.9. The second-order valence-corrected chi connectivity index (χ2v) is 6.11. The van der Waals surface area contributed by atoms with E-state index in [1.54, 1.807) is 18.4 Å². The molecule has 0 saturated carbocycles. The van der Waals surface area contributed by atoms with Gasteiger partial charge >= 0.3 is 0 Å². The maximum Gasteiger partial charge on any atom is 0.133 e. The van der Waals surface area contributed by atoms with Gasteiger partial charge in [-0.25, -0.2) is 4.98 Å². The van der Waals surface area contributed by atoms with Gasteiger partial charge in [0.1, 0.15) is 10.8 Å². The molecule has 1 aromatic carbocycles. The van der Waals surface area contributed by atoms with Crippen LogP contribution < -0.4 is 10.1 Å². The molecule has 0 atom stereocenters. The first-order chi connectivity index (χ1) is 8.69. The number of thiazole rings is 1. The maximum absolute atomic E-state index is 5.20. The number of hydrogen-bond donors (Lipinski definition) is 1. The molecule has 2 aromatic rings. The normalized spacial score (nSPS) is 10.6. The van der Waals surface area contributed by atoms with Crippen molar-refractivity contribution in [1.82, 2.24) is 10.3 Å². The van der Waals surface area contributed by atoms with Crippen LogP contribution in [0.15, 0.2) is 28.9 Å². The van der Waals surface area contributed by atoms with Crippen molar-refractivity contribution in [1.29, 1.82) is 0 Å². The molecule has 5 heteroatoms. The van der Waals surface area contributed by atoms with Gasteiger partial charge in [0.2, 0.25) is 0 Å². The van der Waals surface area contributed by atoms with Crippen LogP contribution in [-0.4, -0.2) is 12.1 Å². The highest BCUT2D eigenvalue weighted by molar-refractivity contribution is 9.10. The summed E-state index contributed by atoms with van der Waals surface area (Å²) in [6.07, 6.45) is 1.91. The predicted octanol–water partition coefficient (Wildman–Crippen LogP) is 3.51. The summed E-state index contributed by atoms with van der Waals surface area (Å²) in [5, 5.41) is 4.51. The van der Waals surface area contributed by atoms with Crippen molar-refractivity contribution in [2.75, 3.05) is 7.11 Å². The van der Waals surface area contributed by atoms with Crippen molar-refractivity contribution in [2.24, 2.45) is 0 Å². The molecule has 1 aromatic heterocycles. The van der Waals surface area contributed by atoms with Crippen molar-refractivity contribution in [2.45, 2.75) is 20.0 Å². The number of benzene rings is 1. The van der Waals surface area contributed by atoms with Crippen LogP contribution in [0.25, 0.3) is 0 Å². The Balaban J connectivity index is 1.88. The summed E-state index contributed by atoms with van der Waals surface area (Å²) in [6.45, 7) is 3.70. The Bertz CT molecular complexity index is 527. The van der Waals surface area contributed by atoms with E-state index >= 15 is 0 Å². The standard InChI is InChI=1S/C13H15BrN2OS/c1-9-6-16-13(18-9)8-15-7-10-3-4-12(17-2)11(14)5-10/h3-6,15H,7-8H2,1-2H3. The molecule has 18 heavy (non-hydrogen) atoms. The Morgan fingerprint density at radius 2 is 2.22 bits per heavy atom. The number of nitrogens with zero attached hydrogens (tertiary/aromatic N) is 1. The lowest BCUT2D eigenvalue weighted by molar-refractivity contribution is 0.412. The lowest BCUT2D eigenvalue weighted by atomic mass is 10.2. The number of aromatic nitrogens is 1. The molecule has 3 nitrogen and oxygen atoms in total. The van der Waals surface area contributed by atoms with Crippen LogP contribution in [0.5, 0.6) is 5.75 Å². The molecule has 0 fully saturated rings. The summed E-state index contributed by atoms with van der Waals surface area (Å²) >= 11 is 5.21. The van der Waals surface area contributed by atoms with Crippen molar-refractivity contribution in [3.63, 3.8) is 0 Å². The largest absolute Gasteiger partial charge is 0.496 e. The number of halogens is 1. The Morgan fingerprint density at radius 1 is 1.39 bits per heavy atom. The number of hydrogen-bond acceptors (Lipinski definition) is 4. The summed E-state index contributed by atoms with van der Waals surface area (Å²) in [5.41, 5.74) is 1.22. The quantitative estimate of drug-likeness (QED) is 0.912. The number of nitrogens with one attached hydrogen (secondary N) is 1. The Hall–Kier alpha value is -0.910. The summed E-state index contributed by atoms with van der Waals surface area (Å²) in [4.78, 5) is 5.57. The number of aryl methyl sites for hydroxylation is 1. The van der Waals surface area contributed by atoms with Crippen LogP contribution in [0.1, 0.15) is 15.4 Å². The SMILES string of the molecule is COc1ccc(CNCc2ncc(C)s2)cc1Br. The second kappa shape index (κ2) is 6.31. The molecule has 0 unspecified atom stereocenters. The fraction of sp³-hybridized carbons (Fsp3) is 0.308. The van der Waals surface area contributed by atoms with Gasteiger partial charge in [0.05, 0.1) is 11.6 Å². The Kier molecular flexibility index (Phi) is 4.74. The predicted molar refractivity (Wildman–Crippen MR) is 78.1 cm³/mol. The van der Waals surface area contributed by atoms with Gasteiger partial charge in [-0.3, -0.25) is 0 Å². The van der Waals surface area contributed by atoms with E-state index < -0.39 is 0 Å². The van der Waals surface area contributed by atoms with Crippen LogP contribution in [0, 0.1) is 6.92 Å². The summed E-state index contributed by atoms with van der Waals surface area (Å²) in [6, 6.07) is 6.09. The van der Waals surface area contributed by atoms with Crippen LogP contribution in [0.2, 0.25) is 0 Å². The average molecular weight is 327 g/mol. The van der Waals surface area contributed by atoms with Crippen molar-refractivity contribution >= 4 is 27.3 Å². The maximum atomic E-state index is 5.20.